The molecular weight excluding hydrogens is 320 g/mol. The van der Waals surface area contributed by atoms with Gasteiger partial charge in [0.1, 0.15) is 0 Å². The number of fused-ring (bicyclic) bond motifs is 2. The Balaban J connectivity index is 1.56. The first-order chi connectivity index (χ1) is 11.7. The van der Waals surface area contributed by atoms with Crippen LogP contribution in [0, 0.1) is 5.92 Å². The highest BCUT2D eigenvalue weighted by Gasteiger charge is 2.32. The molecule has 4 rings (SSSR count). The maximum Gasteiger partial charge on any atom is 0.251 e. The summed E-state index contributed by atoms with van der Waals surface area (Å²) in [6.07, 6.45) is 10.2. The average molecular weight is 338 g/mol. The number of aliphatic imine (C=N–C) groups is 1. The zero-order valence-electron chi connectivity index (χ0n) is 13.2. The second-order valence-electron chi connectivity index (χ2n) is 6.29. The molecule has 4 nitrogen and oxygen atoms in total. The van der Waals surface area contributed by atoms with Gasteiger partial charge in [0.15, 0.2) is 0 Å². The molecule has 3 aliphatic rings. The van der Waals surface area contributed by atoms with Crippen molar-refractivity contribution in [1.29, 1.82) is 0 Å². The SMILES string of the molecule is O=C(Cc1cccs1)N=C1C=CC2C(=C1)NC(=O)C1=C2CCCC1. The summed E-state index contributed by atoms with van der Waals surface area (Å²) in [4.78, 5) is 29.6. The normalized spacial score (nSPS) is 24.3. The molecule has 24 heavy (non-hydrogen) atoms. The van der Waals surface area contributed by atoms with E-state index in [0.29, 0.717) is 12.1 Å². The molecule has 0 fully saturated rings. The lowest BCUT2D eigenvalue weighted by Crippen LogP contribution is -2.37. The van der Waals surface area contributed by atoms with Crippen LogP contribution in [0.15, 0.2) is 57.6 Å². The van der Waals surface area contributed by atoms with Gasteiger partial charge in [-0.05, 0) is 54.9 Å². The molecule has 0 saturated carbocycles. The van der Waals surface area contributed by atoms with Crippen LogP contribution in [0.3, 0.4) is 0 Å². The molecule has 122 valence electrons. The Kier molecular flexibility index (Phi) is 4.02. The van der Waals surface area contributed by atoms with E-state index in [2.05, 4.69) is 16.4 Å². The summed E-state index contributed by atoms with van der Waals surface area (Å²) in [7, 11) is 0. The van der Waals surface area contributed by atoms with E-state index in [1.165, 1.54) is 5.57 Å². The highest BCUT2D eigenvalue weighted by Crippen LogP contribution is 2.38. The minimum Gasteiger partial charge on any atom is -0.325 e. The van der Waals surface area contributed by atoms with Crippen molar-refractivity contribution in [2.24, 2.45) is 10.9 Å². The van der Waals surface area contributed by atoms with Gasteiger partial charge in [-0.1, -0.05) is 12.1 Å². The minimum absolute atomic E-state index is 0.0202. The number of nitrogens with zero attached hydrogens (tertiary/aromatic N) is 1. The summed E-state index contributed by atoms with van der Waals surface area (Å²) in [6.45, 7) is 0. The molecule has 1 unspecified atom stereocenters. The van der Waals surface area contributed by atoms with Gasteiger partial charge in [-0.15, -0.1) is 11.3 Å². The van der Waals surface area contributed by atoms with Crippen molar-refractivity contribution >= 4 is 28.9 Å². The first-order valence-corrected chi connectivity index (χ1v) is 9.15. The van der Waals surface area contributed by atoms with Crippen LogP contribution in [0.4, 0.5) is 0 Å². The maximum absolute atomic E-state index is 12.3. The predicted octanol–water partition coefficient (Wildman–Crippen LogP) is 3.33. The number of rotatable bonds is 2. The van der Waals surface area contributed by atoms with Gasteiger partial charge < -0.3 is 5.32 Å². The van der Waals surface area contributed by atoms with Gasteiger partial charge in [-0.25, -0.2) is 4.99 Å². The standard InChI is InChI=1S/C19H18N2O2S/c22-18(11-13-4-3-9-24-13)20-12-7-8-15-14-5-1-2-6-16(14)19(23)21-17(15)10-12/h3-4,7-10,15H,1-2,5-6,11H2,(H,21,23). The Morgan fingerprint density at radius 3 is 3.04 bits per heavy atom. The number of allylic oxidation sites excluding steroid dienone is 3. The van der Waals surface area contributed by atoms with Gasteiger partial charge in [0.05, 0.1) is 12.1 Å². The first-order valence-electron chi connectivity index (χ1n) is 8.27. The lowest BCUT2D eigenvalue weighted by Gasteiger charge is -2.33. The average Bonchev–Trinajstić information content (AvgIpc) is 3.08. The van der Waals surface area contributed by atoms with Crippen LogP contribution in [0.5, 0.6) is 0 Å². The van der Waals surface area contributed by atoms with Crippen LogP contribution in [0.25, 0.3) is 0 Å². The Labute approximate surface area is 144 Å². The molecule has 1 N–H and O–H groups in total. The summed E-state index contributed by atoms with van der Waals surface area (Å²) in [5.41, 5.74) is 3.67. The van der Waals surface area contributed by atoms with Crippen molar-refractivity contribution in [3.8, 4) is 0 Å². The molecule has 0 aromatic carbocycles. The molecule has 2 heterocycles. The summed E-state index contributed by atoms with van der Waals surface area (Å²) in [5, 5.41) is 4.94. The molecule has 1 atom stereocenters. The molecular formula is C19H18N2O2S. The zero-order valence-corrected chi connectivity index (χ0v) is 14.1. The smallest absolute Gasteiger partial charge is 0.251 e. The molecule has 1 aromatic rings. The highest BCUT2D eigenvalue weighted by molar-refractivity contribution is 7.10. The Morgan fingerprint density at radius 2 is 2.21 bits per heavy atom. The first kappa shape index (κ1) is 15.3. The fraction of sp³-hybridized carbons (Fsp3) is 0.316. The monoisotopic (exact) mass is 338 g/mol. The van der Waals surface area contributed by atoms with E-state index in [9.17, 15) is 9.59 Å². The second-order valence-corrected chi connectivity index (χ2v) is 7.32. The van der Waals surface area contributed by atoms with Gasteiger partial charge in [0.2, 0.25) is 0 Å². The Bertz CT molecular complexity index is 812. The minimum atomic E-state index is -0.160. The van der Waals surface area contributed by atoms with E-state index in [4.69, 9.17) is 0 Å². The van der Waals surface area contributed by atoms with Crippen LogP contribution in [0.1, 0.15) is 30.6 Å². The molecule has 1 aliphatic heterocycles. The van der Waals surface area contributed by atoms with Crippen molar-refractivity contribution < 1.29 is 9.59 Å². The second kappa shape index (κ2) is 6.32. The zero-order chi connectivity index (χ0) is 16.5. The van der Waals surface area contributed by atoms with Crippen LogP contribution in [-0.4, -0.2) is 17.5 Å². The number of thiophene rings is 1. The van der Waals surface area contributed by atoms with Crippen LogP contribution in [-0.2, 0) is 16.0 Å². The van der Waals surface area contributed by atoms with E-state index in [0.717, 1.165) is 41.8 Å². The molecule has 1 aromatic heterocycles. The molecule has 0 saturated heterocycles. The molecule has 0 bridgehead atoms. The number of amides is 2. The number of hydrogen-bond acceptors (Lipinski definition) is 3. The topological polar surface area (TPSA) is 58.5 Å². The fourth-order valence-electron chi connectivity index (χ4n) is 3.57. The summed E-state index contributed by atoms with van der Waals surface area (Å²) in [5.74, 6) is 0.00298. The van der Waals surface area contributed by atoms with E-state index in [1.54, 1.807) is 11.3 Å². The van der Waals surface area contributed by atoms with Crippen LogP contribution >= 0.6 is 11.3 Å². The lowest BCUT2D eigenvalue weighted by molar-refractivity contribution is -0.118. The van der Waals surface area contributed by atoms with E-state index in [-0.39, 0.29) is 17.7 Å². The van der Waals surface area contributed by atoms with E-state index in [1.807, 2.05) is 29.7 Å². The fourth-order valence-corrected chi connectivity index (χ4v) is 4.26. The Morgan fingerprint density at radius 1 is 1.33 bits per heavy atom. The number of carbonyl (C=O) groups is 2. The van der Waals surface area contributed by atoms with Crippen molar-refractivity contribution in [3.63, 3.8) is 0 Å². The van der Waals surface area contributed by atoms with Crippen LogP contribution < -0.4 is 5.32 Å². The van der Waals surface area contributed by atoms with Crippen LogP contribution in [0.2, 0.25) is 0 Å². The quantitative estimate of drug-likeness (QED) is 0.899. The summed E-state index contributed by atoms with van der Waals surface area (Å²) < 4.78 is 0. The molecule has 2 amide bonds. The predicted molar refractivity (Wildman–Crippen MR) is 94.8 cm³/mol. The molecule has 0 spiro atoms. The van der Waals surface area contributed by atoms with Crippen molar-refractivity contribution in [3.05, 3.63) is 57.5 Å². The number of nitrogens with one attached hydrogen (secondary N) is 1. The maximum atomic E-state index is 12.3. The van der Waals surface area contributed by atoms with Crippen molar-refractivity contribution in [2.75, 3.05) is 0 Å². The Hall–Kier alpha value is -2.27. The lowest BCUT2D eigenvalue weighted by atomic mass is 9.77. The van der Waals surface area contributed by atoms with Crippen molar-refractivity contribution in [2.45, 2.75) is 32.1 Å². The molecule has 0 radical (unpaired) electrons. The van der Waals surface area contributed by atoms with E-state index >= 15 is 0 Å². The summed E-state index contributed by atoms with van der Waals surface area (Å²) in [6, 6.07) is 3.87. The molecule has 5 heteroatoms. The van der Waals surface area contributed by atoms with Gasteiger partial charge in [0.25, 0.3) is 11.8 Å². The third-order valence-corrected chi connectivity index (χ3v) is 5.55. The number of hydrogen-bond donors (Lipinski definition) is 1. The van der Waals surface area contributed by atoms with Crippen molar-refractivity contribution in [1.82, 2.24) is 5.32 Å². The number of carbonyl (C=O) groups excluding carboxylic acids is 2. The highest BCUT2D eigenvalue weighted by atomic mass is 32.1. The van der Waals surface area contributed by atoms with Gasteiger partial charge in [-0.3, -0.25) is 9.59 Å². The van der Waals surface area contributed by atoms with E-state index < -0.39 is 0 Å². The third kappa shape index (κ3) is 2.91. The summed E-state index contributed by atoms with van der Waals surface area (Å²) >= 11 is 1.56. The largest absolute Gasteiger partial charge is 0.325 e. The van der Waals surface area contributed by atoms with Gasteiger partial charge >= 0.3 is 0 Å². The van der Waals surface area contributed by atoms with Gasteiger partial charge in [-0.2, -0.15) is 0 Å². The van der Waals surface area contributed by atoms with Gasteiger partial charge in [0, 0.05) is 22.1 Å². The molecule has 2 aliphatic carbocycles. The third-order valence-electron chi connectivity index (χ3n) is 4.68.